The molecule has 78 valence electrons. The van der Waals surface area contributed by atoms with Crippen molar-refractivity contribution in [3.8, 4) is 0 Å². The topological polar surface area (TPSA) is 77.3 Å². The van der Waals surface area contributed by atoms with Crippen molar-refractivity contribution in [3.63, 3.8) is 0 Å². The Kier molecular flexibility index (Phi) is 5.13. The van der Waals surface area contributed by atoms with Crippen molar-refractivity contribution in [2.75, 3.05) is 14.2 Å². The molecular formula is C8H12N2O4. The van der Waals surface area contributed by atoms with E-state index in [-0.39, 0.29) is 11.4 Å². The Morgan fingerprint density at radius 1 is 0.857 bits per heavy atom. The predicted octanol–water partition coefficient (Wildman–Crippen LogP) is 0.169. The van der Waals surface area contributed by atoms with E-state index in [0.717, 1.165) is 0 Å². The first-order valence-corrected chi connectivity index (χ1v) is 3.78. The van der Waals surface area contributed by atoms with E-state index in [9.17, 15) is 9.59 Å². The third kappa shape index (κ3) is 3.79. The molecular weight excluding hydrogens is 188 g/mol. The van der Waals surface area contributed by atoms with E-state index in [4.69, 9.17) is 0 Å². The van der Waals surface area contributed by atoms with Gasteiger partial charge in [0.05, 0.1) is 14.2 Å². The lowest BCUT2D eigenvalue weighted by molar-refractivity contribution is -0.133. The summed E-state index contributed by atoms with van der Waals surface area (Å²) in [7, 11) is 2.47. The van der Waals surface area contributed by atoms with E-state index < -0.39 is 11.9 Å². The number of carbonyl (C=O) groups is 2. The van der Waals surface area contributed by atoms with Gasteiger partial charge < -0.3 is 9.47 Å². The molecule has 6 heteroatoms. The molecule has 0 spiro atoms. The summed E-state index contributed by atoms with van der Waals surface area (Å²) >= 11 is 0. The summed E-state index contributed by atoms with van der Waals surface area (Å²) in [6.45, 7) is 2.86. The van der Waals surface area contributed by atoms with Gasteiger partial charge in [-0.2, -0.15) is 0 Å². The van der Waals surface area contributed by atoms with E-state index in [2.05, 4.69) is 19.7 Å². The third-order valence-corrected chi connectivity index (χ3v) is 1.31. The van der Waals surface area contributed by atoms with Crippen molar-refractivity contribution in [2.24, 2.45) is 10.2 Å². The molecule has 0 aromatic heterocycles. The summed E-state index contributed by atoms with van der Waals surface area (Å²) in [6.07, 6.45) is 0. The van der Waals surface area contributed by atoms with Crippen molar-refractivity contribution in [2.45, 2.75) is 13.8 Å². The molecule has 0 N–H and O–H groups in total. The maximum Gasteiger partial charge on any atom is 0.354 e. The van der Waals surface area contributed by atoms with Gasteiger partial charge in [0.2, 0.25) is 0 Å². The lowest BCUT2D eigenvalue weighted by Crippen LogP contribution is -2.14. The standard InChI is InChI=1S/C8H12N2O4/c1-5(7(11)13-3)9-10-6(2)8(12)14-4/h1-4H3/b9-5+,10-6+. The fourth-order valence-corrected chi connectivity index (χ4v) is 0.527. The number of hydrogen-bond donors (Lipinski definition) is 0. The monoisotopic (exact) mass is 200 g/mol. The molecule has 0 aliphatic heterocycles. The Bertz CT molecular complexity index is 264. The van der Waals surface area contributed by atoms with E-state index in [1.54, 1.807) is 0 Å². The SMILES string of the molecule is COC(=O)/C(C)=N/N=C(\C)C(=O)OC. The second-order valence-electron chi connectivity index (χ2n) is 2.35. The highest BCUT2D eigenvalue weighted by atomic mass is 16.5. The average Bonchev–Trinajstić information content (AvgIpc) is 2.22. The fraction of sp³-hybridized carbons (Fsp3) is 0.500. The lowest BCUT2D eigenvalue weighted by Gasteiger charge is -1.96. The van der Waals surface area contributed by atoms with Crippen molar-refractivity contribution >= 4 is 23.4 Å². The van der Waals surface area contributed by atoms with Gasteiger partial charge >= 0.3 is 11.9 Å². The minimum absolute atomic E-state index is 0.0655. The maximum atomic E-state index is 10.8. The molecule has 0 aliphatic carbocycles. The maximum absolute atomic E-state index is 10.8. The van der Waals surface area contributed by atoms with E-state index in [1.807, 2.05) is 0 Å². The van der Waals surface area contributed by atoms with Crippen LogP contribution in [0, 0.1) is 0 Å². The van der Waals surface area contributed by atoms with Gasteiger partial charge in [0.15, 0.2) is 0 Å². The highest BCUT2D eigenvalue weighted by Crippen LogP contribution is 1.87. The predicted molar refractivity (Wildman–Crippen MR) is 50.3 cm³/mol. The Hall–Kier alpha value is -1.72. The molecule has 0 unspecified atom stereocenters. The molecule has 14 heavy (non-hydrogen) atoms. The minimum Gasteiger partial charge on any atom is -0.464 e. The van der Waals surface area contributed by atoms with Gasteiger partial charge in [-0.25, -0.2) is 9.59 Å². The zero-order valence-electron chi connectivity index (χ0n) is 8.53. The minimum atomic E-state index is -0.591. The van der Waals surface area contributed by atoms with E-state index in [1.165, 1.54) is 28.1 Å². The first-order valence-electron chi connectivity index (χ1n) is 3.78. The van der Waals surface area contributed by atoms with Crippen molar-refractivity contribution in [3.05, 3.63) is 0 Å². The van der Waals surface area contributed by atoms with Gasteiger partial charge in [0.25, 0.3) is 0 Å². The van der Waals surface area contributed by atoms with Gasteiger partial charge in [-0.1, -0.05) is 0 Å². The molecule has 0 fully saturated rings. The second kappa shape index (κ2) is 5.85. The first-order chi connectivity index (χ1) is 6.52. The summed E-state index contributed by atoms with van der Waals surface area (Å²) < 4.78 is 8.75. The molecule has 0 bridgehead atoms. The van der Waals surface area contributed by atoms with Gasteiger partial charge in [0, 0.05) is 0 Å². The van der Waals surface area contributed by atoms with Crippen molar-refractivity contribution < 1.29 is 19.1 Å². The van der Waals surface area contributed by atoms with Crippen molar-refractivity contribution in [1.82, 2.24) is 0 Å². The van der Waals surface area contributed by atoms with Crippen LogP contribution in [-0.4, -0.2) is 37.6 Å². The number of rotatable bonds is 3. The van der Waals surface area contributed by atoms with E-state index in [0.29, 0.717) is 0 Å². The molecule has 0 saturated heterocycles. The summed E-state index contributed by atoms with van der Waals surface area (Å²) in [4.78, 5) is 21.7. The summed E-state index contributed by atoms with van der Waals surface area (Å²) in [5.74, 6) is -1.18. The number of nitrogens with zero attached hydrogens (tertiary/aromatic N) is 2. The first kappa shape index (κ1) is 12.3. The van der Waals surface area contributed by atoms with Crippen LogP contribution >= 0.6 is 0 Å². The van der Waals surface area contributed by atoms with Crippen LogP contribution in [-0.2, 0) is 19.1 Å². The van der Waals surface area contributed by atoms with Gasteiger partial charge in [-0.05, 0) is 13.8 Å². The Morgan fingerprint density at radius 3 is 1.36 bits per heavy atom. The normalized spacial score (nSPS) is 12.3. The van der Waals surface area contributed by atoms with Gasteiger partial charge in [-0.3, -0.25) is 0 Å². The molecule has 0 radical (unpaired) electrons. The lowest BCUT2D eigenvalue weighted by atomic mass is 10.4. The Labute approximate surface area is 81.6 Å². The highest BCUT2D eigenvalue weighted by Gasteiger charge is 2.06. The quantitative estimate of drug-likeness (QED) is 0.369. The average molecular weight is 200 g/mol. The summed E-state index contributed by atoms with van der Waals surface area (Å²) in [5, 5.41) is 6.99. The number of esters is 2. The fourth-order valence-electron chi connectivity index (χ4n) is 0.527. The number of ether oxygens (including phenoxy) is 2. The van der Waals surface area contributed by atoms with Crippen LogP contribution < -0.4 is 0 Å². The van der Waals surface area contributed by atoms with Crippen LogP contribution in [0.3, 0.4) is 0 Å². The summed E-state index contributed by atoms with van der Waals surface area (Å²) in [5.41, 5.74) is 0.131. The third-order valence-electron chi connectivity index (χ3n) is 1.31. The Morgan fingerprint density at radius 2 is 1.14 bits per heavy atom. The van der Waals surface area contributed by atoms with Crippen LogP contribution in [0.2, 0.25) is 0 Å². The highest BCUT2D eigenvalue weighted by molar-refractivity contribution is 6.37. The van der Waals surface area contributed by atoms with Crippen LogP contribution in [0.5, 0.6) is 0 Å². The largest absolute Gasteiger partial charge is 0.464 e. The van der Waals surface area contributed by atoms with E-state index >= 15 is 0 Å². The number of carbonyl (C=O) groups excluding carboxylic acids is 2. The molecule has 0 amide bonds. The smallest absolute Gasteiger partial charge is 0.354 e. The molecule has 0 aromatic carbocycles. The zero-order valence-corrected chi connectivity index (χ0v) is 8.53. The molecule has 6 nitrogen and oxygen atoms in total. The second-order valence-corrected chi connectivity index (χ2v) is 2.35. The molecule has 0 aliphatic rings. The van der Waals surface area contributed by atoms with Crippen LogP contribution in [0.1, 0.15) is 13.8 Å². The zero-order chi connectivity index (χ0) is 11.1. The molecule has 0 heterocycles. The van der Waals surface area contributed by atoms with Crippen LogP contribution in [0.15, 0.2) is 10.2 Å². The van der Waals surface area contributed by atoms with Crippen LogP contribution in [0.4, 0.5) is 0 Å². The van der Waals surface area contributed by atoms with Crippen LogP contribution in [0.25, 0.3) is 0 Å². The molecule has 0 aromatic rings. The number of methoxy groups -OCH3 is 2. The molecule has 0 saturated carbocycles. The molecule has 0 rings (SSSR count). The van der Waals surface area contributed by atoms with Gasteiger partial charge in [-0.15, -0.1) is 10.2 Å². The number of hydrogen-bond acceptors (Lipinski definition) is 6. The summed E-state index contributed by atoms with van der Waals surface area (Å²) in [6, 6.07) is 0. The Balaban J connectivity index is 4.53. The molecule has 0 atom stereocenters. The van der Waals surface area contributed by atoms with Crippen molar-refractivity contribution in [1.29, 1.82) is 0 Å². The van der Waals surface area contributed by atoms with Gasteiger partial charge in [0.1, 0.15) is 11.4 Å².